The first-order valence-electron chi connectivity index (χ1n) is 19.4. The summed E-state index contributed by atoms with van der Waals surface area (Å²) in [7, 11) is 0. The molecule has 1 aliphatic heterocycles. The van der Waals surface area contributed by atoms with E-state index in [0.717, 1.165) is 84.1 Å². The van der Waals surface area contributed by atoms with E-state index in [2.05, 4.69) is 133 Å². The minimum Gasteiger partial charge on any atom is -0.457 e. The van der Waals surface area contributed by atoms with Gasteiger partial charge >= 0.3 is 0 Å². The van der Waals surface area contributed by atoms with Gasteiger partial charge < -0.3 is 4.74 Å². The quantitative estimate of drug-likeness (QED) is 0.163. The van der Waals surface area contributed by atoms with E-state index < -0.39 is 5.41 Å². The molecule has 10 rings (SSSR count). The Kier molecular flexibility index (Phi) is 8.74. The first-order valence-corrected chi connectivity index (χ1v) is 19.4. The van der Waals surface area contributed by atoms with Gasteiger partial charge in [-0.2, -0.15) is 5.26 Å². The van der Waals surface area contributed by atoms with Gasteiger partial charge in [0.15, 0.2) is 5.82 Å². The largest absolute Gasteiger partial charge is 0.457 e. The maximum absolute atomic E-state index is 9.85. The molecule has 4 nitrogen and oxygen atoms in total. The minimum absolute atomic E-state index is 0.654. The molecule has 272 valence electrons. The number of fused-ring (bicyclic) bond motifs is 2. The first kappa shape index (κ1) is 34.6. The molecule has 0 unspecified atom stereocenters. The highest BCUT2D eigenvalue weighted by Crippen LogP contribution is 2.55. The SMILES string of the molecule is N#Cc1ccccc1-c1ccc(C2(c3ccc(-c4ccc(-c5cc(-c6ccccc6)nc(-c6ccccc6)n5)cc4)cc3)c3ccccc3Oc3ccccc32)cc1. The lowest BCUT2D eigenvalue weighted by molar-refractivity contribution is 0.434. The van der Waals surface area contributed by atoms with Crippen LogP contribution in [0.15, 0.2) is 212 Å². The van der Waals surface area contributed by atoms with Crippen LogP contribution in [0.2, 0.25) is 0 Å². The van der Waals surface area contributed by atoms with Crippen LogP contribution in [0, 0.1) is 11.3 Å². The second-order valence-corrected chi connectivity index (χ2v) is 14.4. The fourth-order valence-electron chi connectivity index (χ4n) is 8.33. The van der Waals surface area contributed by atoms with E-state index in [0.29, 0.717) is 11.4 Å². The molecule has 8 aromatic carbocycles. The monoisotopic (exact) mass is 741 g/mol. The van der Waals surface area contributed by atoms with E-state index in [1.807, 2.05) is 84.9 Å². The lowest BCUT2D eigenvalue weighted by Gasteiger charge is -2.41. The highest BCUT2D eigenvalue weighted by atomic mass is 16.5. The van der Waals surface area contributed by atoms with Crippen molar-refractivity contribution in [3.8, 4) is 73.7 Å². The molecular formula is C54H35N3O. The number of para-hydroxylation sites is 2. The van der Waals surface area contributed by atoms with Crippen molar-refractivity contribution < 1.29 is 4.74 Å². The number of nitriles is 1. The smallest absolute Gasteiger partial charge is 0.160 e. The molecule has 0 N–H and O–H groups in total. The van der Waals surface area contributed by atoms with Gasteiger partial charge in [0.1, 0.15) is 11.5 Å². The topological polar surface area (TPSA) is 58.8 Å². The Hall–Kier alpha value is -7.87. The maximum Gasteiger partial charge on any atom is 0.160 e. The van der Waals surface area contributed by atoms with Gasteiger partial charge in [-0.3, -0.25) is 0 Å². The number of benzene rings is 8. The van der Waals surface area contributed by atoms with Crippen LogP contribution in [-0.4, -0.2) is 9.97 Å². The van der Waals surface area contributed by atoms with E-state index >= 15 is 0 Å². The third-order valence-corrected chi connectivity index (χ3v) is 11.1. The molecule has 1 aromatic heterocycles. The van der Waals surface area contributed by atoms with Crippen LogP contribution in [0.4, 0.5) is 0 Å². The van der Waals surface area contributed by atoms with Crippen LogP contribution in [0.3, 0.4) is 0 Å². The van der Waals surface area contributed by atoms with Crippen LogP contribution in [0.5, 0.6) is 11.5 Å². The van der Waals surface area contributed by atoms with E-state index in [9.17, 15) is 5.26 Å². The van der Waals surface area contributed by atoms with Crippen molar-refractivity contribution in [2.75, 3.05) is 0 Å². The second-order valence-electron chi connectivity index (χ2n) is 14.4. The molecule has 9 aromatic rings. The lowest BCUT2D eigenvalue weighted by atomic mass is 9.63. The summed E-state index contributed by atoms with van der Waals surface area (Å²) < 4.78 is 6.56. The Morgan fingerprint density at radius 3 is 1.40 bits per heavy atom. The van der Waals surface area contributed by atoms with Crippen LogP contribution in [0.25, 0.3) is 56.2 Å². The number of aromatic nitrogens is 2. The summed E-state index contributed by atoms with van der Waals surface area (Å²) in [6, 6.07) is 75.5. The summed E-state index contributed by atoms with van der Waals surface area (Å²) in [5.41, 5.74) is 13.3. The fraction of sp³-hybridized carbons (Fsp3) is 0.0185. The van der Waals surface area contributed by atoms with Crippen molar-refractivity contribution >= 4 is 0 Å². The summed E-state index contributed by atoms with van der Waals surface area (Å²) in [6.45, 7) is 0. The lowest BCUT2D eigenvalue weighted by Crippen LogP contribution is -2.34. The molecule has 2 heterocycles. The third kappa shape index (κ3) is 6.03. The van der Waals surface area contributed by atoms with Gasteiger partial charge in [-0.1, -0.05) is 188 Å². The molecule has 0 aliphatic carbocycles. The Morgan fingerprint density at radius 1 is 0.397 bits per heavy atom. The summed E-state index contributed by atoms with van der Waals surface area (Å²) in [4.78, 5) is 10.00. The van der Waals surface area contributed by atoms with Crippen LogP contribution in [0.1, 0.15) is 27.8 Å². The Morgan fingerprint density at radius 2 is 0.828 bits per heavy atom. The summed E-state index contributed by atoms with van der Waals surface area (Å²) in [5.74, 6) is 2.36. The van der Waals surface area contributed by atoms with Crippen molar-refractivity contribution in [2.24, 2.45) is 0 Å². The van der Waals surface area contributed by atoms with Crippen molar-refractivity contribution in [2.45, 2.75) is 5.41 Å². The summed E-state index contributed by atoms with van der Waals surface area (Å²) >= 11 is 0. The normalized spacial score (nSPS) is 12.4. The zero-order valence-electron chi connectivity index (χ0n) is 31.5. The molecule has 0 amide bonds. The van der Waals surface area contributed by atoms with Crippen molar-refractivity contribution in [1.82, 2.24) is 9.97 Å². The van der Waals surface area contributed by atoms with Gasteiger partial charge in [0.05, 0.1) is 28.4 Å². The van der Waals surface area contributed by atoms with Gasteiger partial charge in [-0.25, -0.2) is 9.97 Å². The third-order valence-electron chi connectivity index (χ3n) is 11.1. The molecule has 1 aliphatic rings. The molecule has 0 spiro atoms. The van der Waals surface area contributed by atoms with E-state index in [1.165, 1.54) is 0 Å². The van der Waals surface area contributed by atoms with Crippen LogP contribution in [-0.2, 0) is 5.41 Å². The molecule has 0 saturated heterocycles. The van der Waals surface area contributed by atoms with Crippen molar-refractivity contribution in [3.63, 3.8) is 0 Å². The maximum atomic E-state index is 9.85. The molecule has 0 bridgehead atoms. The number of nitrogens with zero attached hydrogens (tertiary/aromatic N) is 3. The van der Waals surface area contributed by atoms with Gasteiger partial charge in [-0.15, -0.1) is 0 Å². The van der Waals surface area contributed by atoms with E-state index in [1.54, 1.807) is 0 Å². The first-order chi connectivity index (χ1) is 28.7. The summed E-state index contributed by atoms with van der Waals surface area (Å²) in [5, 5.41) is 9.85. The zero-order chi connectivity index (χ0) is 38.9. The predicted molar refractivity (Wildman–Crippen MR) is 232 cm³/mol. The molecule has 0 atom stereocenters. The highest BCUT2D eigenvalue weighted by molar-refractivity contribution is 5.77. The molecular weight excluding hydrogens is 707 g/mol. The average molecular weight is 742 g/mol. The minimum atomic E-state index is -0.666. The van der Waals surface area contributed by atoms with Crippen LogP contribution < -0.4 is 4.74 Å². The van der Waals surface area contributed by atoms with Gasteiger partial charge in [0.25, 0.3) is 0 Å². The van der Waals surface area contributed by atoms with Crippen LogP contribution >= 0.6 is 0 Å². The van der Waals surface area contributed by atoms with Crippen molar-refractivity contribution in [3.05, 3.63) is 240 Å². The zero-order valence-corrected chi connectivity index (χ0v) is 31.5. The van der Waals surface area contributed by atoms with Crippen molar-refractivity contribution in [1.29, 1.82) is 5.26 Å². The summed E-state index contributed by atoms with van der Waals surface area (Å²) in [6.07, 6.45) is 0. The van der Waals surface area contributed by atoms with Gasteiger partial charge in [-0.05, 0) is 57.6 Å². The molecule has 58 heavy (non-hydrogen) atoms. The van der Waals surface area contributed by atoms with E-state index in [-0.39, 0.29) is 0 Å². The number of rotatable bonds is 7. The highest BCUT2D eigenvalue weighted by Gasteiger charge is 2.45. The number of hydrogen-bond donors (Lipinski definition) is 0. The molecule has 4 heteroatoms. The Bertz CT molecular complexity index is 2850. The Labute approximate surface area is 338 Å². The fourth-order valence-corrected chi connectivity index (χ4v) is 8.33. The number of hydrogen-bond acceptors (Lipinski definition) is 4. The standard InChI is InChI=1S/C54H35N3O/c55-36-43-17-7-8-18-46(43)39-29-33-45(34-30-39)54(47-19-9-11-21-51(47)58-52-22-12-10-20-48(52)54)44-31-27-38(28-32-44)37-23-25-41(26-24-37)50-35-49(40-13-3-1-4-14-40)56-53(57-50)42-15-5-2-6-16-42/h1-35H. The van der Waals surface area contributed by atoms with E-state index in [4.69, 9.17) is 14.7 Å². The molecule has 0 fully saturated rings. The molecule has 0 radical (unpaired) electrons. The predicted octanol–water partition coefficient (Wildman–Crippen LogP) is 13.2. The van der Waals surface area contributed by atoms with Gasteiger partial charge in [0.2, 0.25) is 0 Å². The number of ether oxygens (including phenoxy) is 1. The average Bonchev–Trinajstić information content (AvgIpc) is 3.31. The second kappa shape index (κ2) is 14.7. The van der Waals surface area contributed by atoms with Gasteiger partial charge in [0, 0.05) is 27.8 Å². The molecule has 0 saturated carbocycles. The Balaban J connectivity index is 1.05.